The fourth-order valence-corrected chi connectivity index (χ4v) is 3.08. The number of hydrogen-bond acceptors (Lipinski definition) is 3. The van der Waals surface area contributed by atoms with Crippen LogP contribution in [-0.2, 0) is 4.79 Å². The predicted molar refractivity (Wildman–Crippen MR) is 89.4 cm³/mol. The van der Waals surface area contributed by atoms with Crippen molar-refractivity contribution in [3.63, 3.8) is 0 Å². The molecule has 0 saturated carbocycles. The third kappa shape index (κ3) is 6.79. The second-order valence-corrected chi connectivity index (χ2v) is 7.60. The molecule has 0 aromatic heterocycles. The number of hydrogen-bond donors (Lipinski definition) is 2. The van der Waals surface area contributed by atoms with Crippen molar-refractivity contribution in [2.24, 2.45) is 5.92 Å². The van der Waals surface area contributed by atoms with Crippen LogP contribution in [0.2, 0.25) is 0 Å². The molecule has 2 unspecified atom stereocenters. The van der Waals surface area contributed by atoms with Gasteiger partial charge in [-0.3, -0.25) is 4.79 Å². The number of likely N-dealkylation sites (tertiary alicyclic amines) is 1. The van der Waals surface area contributed by atoms with E-state index < -0.39 is 0 Å². The Labute approximate surface area is 131 Å². The lowest BCUT2D eigenvalue weighted by atomic mass is 9.90. The molecule has 4 nitrogen and oxygen atoms in total. The molecule has 0 aliphatic carbocycles. The van der Waals surface area contributed by atoms with Gasteiger partial charge in [0, 0.05) is 11.6 Å². The Kier molecular flexibility index (Phi) is 7.14. The van der Waals surface area contributed by atoms with Crippen molar-refractivity contribution in [3.8, 4) is 0 Å². The summed E-state index contributed by atoms with van der Waals surface area (Å²) in [5.74, 6) is 0.778. The van der Waals surface area contributed by atoms with Crippen LogP contribution in [0.3, 0.4) is 0 Å². The van der Waals surface area contributed by atoms with E-state index in [0.29, 0.717) is 12.0 Å². The van der Waals surface area contributed by atoms with E-state index in [4.69, 9.17) is 0 Å². The fraction of sp³-hybridized carbons (Fsp3) is 0.941. The van der Waals surface area contributed by atoms with Gasteiger partial charge in [0.05, 0.1) is 6.04 Å². The first-order chi connectivity index (χ1) is 9.73. The van der Waals surface area contributed by atoms with Gasteiger partial charge >= 0.3 is 0 Å². The Morgan fingerprint density at radius 3 is 2.29 bits per heavy atom. The van der Waals surface area contributed by atoms with Gasteiger partial charge in [-0.15, -0.1) is 0 Å². The molecule has 4 heteroatoms. The highest BCUT2D eigenvalue weighted by Crippen LogP contribution is 2.21. The molecule has 1 heterocycles. The Morgan fingerprint density at radius 2 is 1.81 bits per heavy atom. The van der Waals surface area contributed by atoms with E-state index in [-0.39, 0.29) is 17.5 Å². The molecule has 21 heavy (non-hydrogen) atoms. The maximum absolute atomic E-state index is 12.1. The lowest BCUT2D eigenvalue weighted by Gasteiger charge is -2.36. The number of nitrogens with zero attached hydrogens (tertiary/aromatic N) is 1. The summed E-state index contributed by atoms with van der Waals surface area (Å²) in [6.07, 6.45) is 3.71. The highest BCUT2D eigenvalue weighted by Gasteiger charge is 2.26. The largest absolute Gasteiger partial charge is 0.350 e. The van der Waals surface area contributed by atoms with Crippen molar-refractivity contribution in [2.75, 3.05) is 19.6 Å². The topological polar surface area (TPSA) is 44.4 Å². The van der Waals surface area contributed by atoms with Gasteiger partial charge in [0.1, 0.15) is 0 Å². The average molecular weight is 297 g/mol. The van der Waals surface area contributed by atoms with Gasteiger partial charge in [0.25, 0.3) is 0 Å². The molecule has 1 aliphatic rings. The van der Waals surface area contributed by atoms with Crippen LogP contribution in [0.1, 0.15) is 60.8 Å². The molecule has 1 aliphatic heterocycles. The molecule has 0 bridgehead atoms. The fourth-order valence-electron chi connectivity index (χ4n) is 3.08. The van der Waals surface area contributed by atoms with E-state index >= 15 is 0 Å². The van der Waals surface area contributed by atoms with Crippen LogP contribution < -0.4 is 10.6 Å². The molecule has 2 N–H and O–H groups in total. The summed E-state index contributed by atoms with van der Waals surface area (Å²) in [5, 5.41) is 6.53. The lowest BCUT2D eigenvalue weighted by molar-refractivity contribution is -0.124. The van der Waals surface area contributed by atoms with Gasteiger partial charge in [0.2, 0.25) is 5.91 Å². The van der Waals surface area contributed by atoms with E-state index in [9.17, 15) is 4.79 Å². The van der Waals surface area contributed by atoms with E-state index in [1.54, 1.807) is 0 Å². The molecule has 0 spiro atoms. The van der Waals surface area contributed by atoms with Crippen molar-refractivity contribution in [3.05, 3.63) is 0 Å². The number of carbonyl (C=O) groups excluding carboxylic acids is 1. The molecule has 0 aromatic carbocycles. The lowest BCUT2D eigenvalue weighted by Crippen LogP contribution is -2.53. The van der Waals surface area contributed by atoms with E-state index in [0.717, 1.165) is 0 Å². The van der Waals surface area contributed by atoms with Crippen molar-refractivity contribution in [1.29, 1.82) is 0 Å². The molecular weight excluding hydrogens is 262 g/mol. The molecular formula is C17H35N3O. The van der Waals surface area contributed by atoms with Gasteiger partial charge in [-0.05, 0) is 79.4 Å². The third-order valence-electron chi connectivity index (χ3n) is 4.28. The average Bonchev–Trinajstić information content (AvgIpc) is 2.37. The molecule has 1 amide bonds. The van der Waals surface area contributed by atoms with E-state index in [2.05, 4.69) is 29.4 Å². The highest BCUT2D eigenvalue weighted by atomic mass is 16.2. The minimum Gasteiger partial charge on any atom is -0.350 e. The minimum absolute atomic E-state index is 0.0952. The Bertz CT molecular complexity index is 316. The second kappa shape index (κ2) is 8.14. The van der Waals surface area contributed by atoms with Crippen LogP contribution in [0.5, 0.6) is 0 Å². The summed E-state index contributed by atoms with van der Waals surface area (Å²) in [7, 11) is 0. The molecule has 2 atom stereocenters. The van der Waals surface area contributed by atoms with Gasteiger partial charge in [0.15, 0.2) is 0 Å². The number of rotatable bonds is 6. The monoisotopic (exact) mass is 297 g/mol. The van der Waals surface area contributed by atoms with Gasteiger partial charge in [-0.25, -0.2) is 0 Å². The smallest absolute Gasteiger partial charge is 0.237 e. The van der Waals surface area contributed by atoms with Gasteiger partial charge in [-0.2, -0.15) is 0 Å². The van der Waals surface area contributed by atoms with E-state index in [1.807, 2.05) is 27.7 Å². The van der Waals surface area contributed by atoms with Crippen molar-refractivity contribution in [1.82, 2.24) is 15.5 Å². The number of amides is 1. The van der Waals surface area contributed by atoms with Crippen LogP contribution in [-0.4, -0.2) is 48.1 Å². The van der Waals surface area contributed by atoms with E-state index in [1.165, 1.54) is 38.9 Å². The van der Waals surface area contributed by atoms with Crippen LogP contribution >= 0.6 is 0 Å². The molecule has 0 aromatic rings. The zero-order chi connectivity index (χ0) is 16.0. The van der Waals surface area contributed by atoms with Crippen LogP contribution in [0, 0.1) is 5.92 Å². The second-order valence-electron chi connectivity index (χ2n) is 7.60. The summed E-state index contributed by atoms with van der Waals surface area (Å²) in [6, 6.07) is 0.266. The summed E-state index contributed by atoms with van der Waals surface area (Å²) < 4.78 is 0. The standard InChI is InChI=1S/C17H35N3O/c1-7-10-20-11-8-15(9-12-20)13(2)18-14(3)16(21)19-17(4,5)6/h13-15,18H,7-12H2,1-6H3,(H,19,21). The highest BCUT2D eigenvalue weighted by molar-refractivity contribution is 5.81. The first-order valence-corrected chi connectivity index (χ1v) is 8.53. The summed E-state index contributed by atoms with van der Waals surface area (Å²) >= 11 is 0. The van der Waals surface area contributed by atoms with Crippen LogP contribution in [0.15, 0.2) is 0 Å². The molecule has 1 rings (SSSR count). The number of carbonyl (C=O) groups is 1. The summed E-state index contributed by atoms with van der Waals surface area (Å²) in [4.78, 5) is 14.7. The quantitative estimate of drug-likeness (QED) is 0.791. The van der Waals surface area contributed by atoms with Gasteiger partial charge < -0.3 is 15.5 Å². The zero-order valence-electron chi connectivity index (χ0n) is 14.8. The SMILES string of the molecule is CCCN1CCC(C(C)NC(C)C(=O)NC(C)(C)C)CC1. The molecule has 0 radical (unpaired) electrons. The van der Waals surface area contributed by atoms with Gasteiger partial charge in [-0.1, -0.05) is 6.92 Å². The normalized spacial score (nSPS) is 21.0. The minimum atomic E-state index is -0.165. The van der Waals surface area contributed by atoms with Crippen LogP contribution in [0.25, 0.3) is 0 Å². The summed E-state index contributed by atoms with van der Waals surface area (Å²) in [6.45, 7) is 16.1. The first kappa shape index (κ1) is 18.4. The number of nitrogens with one attached hydrogen (secondary N) is 2. The van der Waals surface area contributed by atoms with Crippen molar-refractivity contribution >= 4 is 5.91 Å². The Hall–Kier alpha value is -0.610. The number of piperidine rings is 1. The summed E-state index contributed by atoms with van der Waals surface area (Å²) in [5.41, 5.74) is -0.165. The maximum Gasteiger partial charge on any atom is 0.237 e. The molecule has 124 valence electrons. The first-order valence-electron chi connectivity index (χ1n) is 8.53. The molecule has 1 fully saturated rings. The maximum atomic E-state index is 12.1. The van der Waals surface area contributed by atoms with Crippen LogP contribution in [0.4, 0.5) is 0 Å². The van der Waals surface area contributed by atoms with Crippen molar-refractivity contribution in [2.45, 2.75) is 78.4 Å². The predicted octanol–water partition coefficient (Wildman–Crippen LogP) is 2.39. The third-order valence-corrected chi connectivity index (χ3v) is 4.28. The molecule has 1 saturated heterocycles. The zero-order valence-corrected chi connectivity index (χ0v) is 14.8. The Balaban J connectivity index is 2.36. The van der Waals surface area contributed by atoms with Crippen molar-refractivity contribution < 1.29 is 4.79 Å². The Morgan fingerprint density at radius 1 is 1.24 bits per heavy atom.